The second-order valence-electron chi connectivity index (χ2n) is 12.6. The van der Waals surface area contributed by atoms with Crippen LogP contribution in [0.25, 0.3) is 10.9 Å². The quantitative estimate of drug-likeness (QED) is 0.210. The third-order valence-electron chi connectivity index (χ3n) is 7.00. The van der Waals surface area contributed by atoms with Crippen molar-refractivity contribution in [1.82, 2.24) is 9.78 Å². The van der Waals surface area contributed by atoms with Crippen molar-refractivity contribution in [3.8, 4) is 5.75 Å². The van der Waals surface area contributed by atoms with E-state index in [1.807, 2.05) is 30.5 Å². The number of rotatable bonds is 5. The van der Waals surface area contributed by atoms with Crippen LogP contribution < -0.4 is 4.74 Å². The van der Waals surface area contributed by atoms with E-state index in [1.54, 1.807) is 6.07 Å². The largest absolute Gasteiger partial charge is 0.487 e. The van der Waals surface area contributed by atoms with Crippen LogP contribution in [0.2, 0.25) is 5.02 Å². The van der Waals surface area contributed by atoms with E-state index in [-0.39, 0.29) is 16.6 Å². The van der Waals surface area contributed by atoms with E-state index >= 15 is 0 Å². The molecule has 1 aromatic heterocycles. The Morgan fingerprint density at radius 3 is 2.10 bits per heavy atom. The predicted molar refractivity (Wildman–Crippen MR) is 170 cm³/mol. The molecule has 0 aliphatic carbocycles. The van der Waals surface area contributed by atoms with Crippen LogP contribution in [0.4, 0.5) is 4.39 Å². The van der Waals surface area contributed by atoms with Gasteiger partial charge in [0.1, 0.15) is 18.2 Å². The minimum absolute atomic E-state index is 0.0464. The number of halogens is 2. The molecule has 0 spiro atoms. The molecule has 0 aliphatic rings. The minimum atomic E-state index is -0.264. The molecule has 0 amide bonds. The molecule has 5 rings (SSSR count). The van der Waals surface area contributed by atoms with Crippen LogP contribution in [0.3, 0.4) is 0 Å². The summed E-state index contributed by atoms with van der Waals surface area (Å²) in [6, 6.07) is 27.4. The fourth-order valence-corrected chi connectivity index (χ4v) is 4.77. The van der Waals surface area contributed by atoms with Gasteiger partial charge in [-0.15, -0.1) is 0 Å². The van der Waals surface area contributed by atoms with Crippen LogP contribution in [0.1, 0.15) is 69.4 Å². The third-order valence-corrected chi connectivity index (χ3v) is 7.30. The monoisotopic (exact) mass is 570 g/mol. The Balaban J connectivity index is 0.000000189. The van der Waals surface area contributed by atoms with Crippen LogP contribution >= 0.6 is 11.6 Å². The topological polar surface area (TPSA) is 27.1 Å². The lowest BCUT2D eigenvalue weighted by molar-refractivity contribution is 0.305. The summed E-state index contributed by atoms with van der Waals surface area (Å²) in [5, 5.41) is 6.36. The molecule has 1 heterocycles. The first-order chi connectivity index (χ1) is 19.3. The molecule has 0 saturated carbocycles. The highest BCUT2D eigenvalue weighted by Gasteiger charge is 2.16. The zero-order valence-electron chi connectivity index (χ0n) is 25.1. The molecule has 5 heteroatoms. The van der Waals surface area contributed by atoms with Crippen LogP contribution in [0.5, 0.6) is 5.75 Å². The van der Waals surface area contributed by atoms with E-state index in [9.17, 15) is 4.39 Å². The van der Waals surface area contributed by atoms with Crippen molar-refractivity contribution in [2.24, 2.45) is 0 Å². The lowest BCUT2D eigenvalue weighted by Gasteiger charge is -2.20. The molecule has 0 fully saturated rings. The molecule has 0 aliphatic heterocycles. The third kappa shape index (κ3) is 8.20. The number of fused-ring (bicyclic) bond motifs is 1. The maximum Gasteiger partial charge on any atom is 0.138 e. The van der Waals surface area contributed by atoms with Crippen LogP contribution in [0, 0.1) is 12.7 Å². The van der Waals surface area contributed by atoms with Crippen molar-refractivity contribution in [3.63, 3.8) is 0 Å². The molecule has 214 valence electrons. The molecular weight excluding hydrogens is 531 g/mol. The van der Waals surface area contributed by atoms with E-state index in [0.717, 1.165) is 17.7 Å². The summed E-state index contributed by atoms with van der Waals surface area (Å²) >= 11 is 6.23. The molecule has 0 unspecified atom stereocenters. The van der Waals surface area contributed by atoms with Gasteiger partial charge < -0.3 is 4.74 Å². The minimum Gasteiger partial charge on any atom is -0.487 e. The van der Waals surface area contributed by atoms with Crippen LogP contribution in [-0.2, 0) is 24.0 Å². The number of hydrogen-bond donors (Lipinski definition) is 0. The standard InChI is InChI=1S/C19H22N2.C17H18ClFO/c1-14-6-5-7-15(10-14)13-21-18-9-8-17(19(2,3)4)11-16(18)12-20-21;1-17(2,3)13-7-8-16(15(18)10-13)20-11-12-5-4-6-14(19)9-12/h5-12H,13H2,1-4H3;4-10H,11H2,1-3H3. The van der Waals surface area contributed by atoms with E-state index in [4.69, 9.17) is 16.3 Å². The van der Waals surface area contributed by atoms with Crippen molar-refractivity contribution in [2.75, 3.05) is 0 Å². The summed E-state index contributed by atoms with van der Waals surface area (Å²) < 4.78 is 20.8. The van der Waals surface area contributed by atoms with Gasteiger partial charge in [-0.3, -0.25) is 4.68 Å². The Labute approximate surface area is 248 Å². The zero-order chi connectivity index (χ0) is 29.8. The van der Waals surface area contributed by atoms with Crippen molar-refractivity contribution < 1.29 is 9.13 Å². The summed E-state index contributed by atoms with van der Waals surface area (Å²) in [6.45, 7) is 16.4. The summed E-state index contributed by atoms with van der Waals surface area (Å²) in [5.41, 5.74) is 7.28. The van der Waals surface area contributed by atoms with Crippen LogP contribution in [0.15, 0.2) is 91.1 Å². The number of ether oxygens (including phenoxy) is 1. The second kappa shape index (κ2) is 12.5. The first kappa shape index (κ1) is 30.3. The highest BCUT2D eigenvalue weighted by atomic mass is 35.5. The van der Waals surface area contributed by atoms with Gasteiger partial charge >= 0.3 is 0 Å². The zero-order valence-corrected chi connectivity index (χ0v) is 25.9. The number of hydrogen-bond acceptors (Lipinski definition) is 2. The lowest BCUT2D eigenvalue weighted by Crippen LogP contribution is -2.10. The first-order valence-corrected chi connectivity index (χ1v) is 14.4. The Morgan fingerprint density at radius 2 is 1.44 bits per heavy atom. The molecule has 41 heavy (non-hydrogen) atoms. The summed E-state index contributed by atoms with van der Waals surface area (Å²) in [4.78, 5) is 0. The molecule has 0 saturated heterocycles. The van der Waals surface area contributed by atoms with E-state index in [1.165, 1.54) is 39.7 Å². The van der Waals surface area contributed by atoms with E-state index in [0.29, 0.717) is 17.4 Å². The van der Waals surface area contributed by atoms with Crippen molar-refractivity contribution in [3.05, 3.63) is 130 Å². The molecular formula is C36H40ClFN2O. The number of nitrogens with zero attached hydrogens (tertiary/aromatic N) is 2. The summed E-state index contributed by atoms with van der Waals surface area (Å²) in [7, 11) is 0. The van der Waals surface area contributed by atoms with Gasteiger partial charge in [0.25, 0.3) is 0 Å². The van der Waals surface area contributed by atoms with Crippen LogP contribution in [-0.4, -0.2) is 9.78 Å². The van der Waals surface area contributed by atoms with Crippen molar-refractivity contribution in [2.45, 2.75) is 72.4 Å². The van der Waals surface area contributed by atoms with Gasteiger partial charge in [-0.2, -0.15) is 5.10 Å². The van der Waals surface area contributed by atoms with Gasteiger partial charge in [0.2, 0.25) is 0 Å². The number of aromatic nitrogens is 2. The molecule has 5 aromatic rings. The first-order valence-electron chi connectivity index (χ1n) is 14.0. The normalized spacial score (nSPS) is 11.7. The fourth-order valence-electron chi connectivity index (χ4n) is 4.54. The molecule has 0 radical (unpaired) electrons. The second-order valence-corrected chi connectivity index (χ2v) is 13.0. The Kier molecular flexibility index (Phi) is 9.24. The highest BCUT2D eigenvalue weighted by molar-refractivity contribution is 6.32. The van der Waals surface area contributed by atoms with Gasteiger partial charge in [0.15, 0.2) is 0 Å². The van der Waals surface area contributed by atoms with Gasteiger partial charge in [0.05, 0.1) is 23.3 Å². The maximum atomic E-state index is 13.1. The Hall–Kier alpha value is -3.63. The Bertz CT molecular complexity index is 1630. The maximum absolute atomic E-state index is 13.1. The van der Waals surface area contributed by atoms with E-state index < -0.39 is 0 Å². The van der Waals surface area contributed by atoms with Crippen molar-refractivity contribution >= 4 is 22.5 Å². The summed E-state index contributed by atoms with van der Waals surface area (Å²) in [6.07, 6.45) is 1.97. The van der Waals surface area contributed by atoms with E-state index in [2.05, 4.69) is 101 Å². The van der Waals surface area contributed by atoms with Gasteiger partial charge in [0, 0.05) is 5.39 Å². The lowest BCUT2D eigenvalue weighted by atomic mass is 9.86. The van der Waals surface area contributed by atoms with Crippen molar-refractivity contribution in [1.29, 1.82) is 0 Å². The average Bonchev–Trinajstić information content (AvgIpc) is 3.29. The predicted octanol–water partition coefficient (Wildman–Crippen LogP) is 10.0. The van der Waals surface area contributed by atoms with Gasteiger partial charge in [-0.1, -0.05) is 107 Å². The molecule has 3 nitrogen and oxygen atoms in total. The smallest absolute Gasteiger partial charge is 0.138 e. The number of benzene rings is 4. The molecule has 0 N–H and O–H groups in total. The molecule has 0 bridgehead atoms. The average molecular weight is 571 g/mol. The summed E-state index contributed by atoms with van der Waals surface area (Å²) in [5.74, 6) is 0.351. The SMILES string of the molecule is CC(C)(C)c1ccc(OCc2cccc(F)c2)c(Cl)c1.Cc1cccc(Cn2ncc3cc(C(C)(C)C)ccc32)c1. The number of aryl methyl sites for hydroxylation is 1. The fraction of sp³-hybridized carbons (Fsp3) is 0.306. The highest BCUT2D eigenvalue weighted by Crippen LogP contribution is 2.31. The Morgan fingerprint density at radius 1 is 0.780 bits per heavy atom. The molecule has 4 aromatic carbocycles. The van der Waals surface area contributed by atoms with Gasteiger partial charge in [-0.25, -0.2) is 4.39 Å². The molecule has 0 atom stereocenters. The van der Waals surface area contributed by atoms with Gasteiger partial charge in [-0.05, 0) is 76.4 Å².